The lowest BCUT2D eigenvalue weighted by Crippen LogP contribution is -2.09. The van der Waals surface area contributed by atoms with Crippen LogP contribution in [0.1, 0.15) is 44.8 Å². The van der Waals surface area contributed by atoms with E-state index >= 15 is 0 Å². The van der Waals surface area contributed by atoms with Gasteiger partial charge in [0.15, 0.2) is 0 Å². The zero-order chi connectivity index (χ0) is 40.8. The second kappa shape index (κ2) is 20.5. The molecule has 4 aliphatic heterocycles. The SMILES string of the molecule is Nc1ccc(-c2ccc(-c3ccc(C#Cc4ccc(-c5cc6nc(c5)COCc5ccc(cc5)COCCOCCOCc5ccc(cc5)COC6)cc4)cn3)nc2)cc1. The minimum absolute atomic E-state index is 0.358. The quantitative estimate of drug-likeness (QED) is 0.138. The number of hydrogen-bond donors (Lipinski definition) is 1. The number of hydrogen-bond acceptors (Lipinski definition) is 9. The Labute approximate surface area is 351 Å². The highest BCUT2D eigenvalue weighted by Gasteiger charge is 2.09. The third-order valence-corrected chi connectivity index (χ3v) is 9.90. The molecule has 0 saturated heterocycles. The van der Waals surface area contributed by atoms with E-state index in [1.165, 1.54) is 0 Å². The molecule has 0 radical (unpaired) electrons. The zero-order valence-electron chi connectivity index (χ0n) is 33.4. The summed E-state index contributed by atoms with van der Waals surface area (Å²) in [7, 11) is 0. The van der Waals surface area contributed by atoms with Crippen LogP contribution in [0, 0.1) is 11.8 Å². The van der Waals surface area contributed by atoms with Crippen LogP contribution in [0.15, 0.2) is 146 Å². The number of anilines is 1. The molecule has 7 aromatic rings. The maximum absolute atomic E-state index is 6.18. The van der Waals surface area contributed by atoms with Crippen molar-refractivity contribution in [2.24, 2.45) is 0 Å². The molecule has 0 atom stereocenters. The maximum atomic E-state index is 6.18. The Morgan fingerprint density at radius 2 is 0.817 bits per heavy atom. The Morgan fingerprint density at radius 3 is 1.33 bits per heavy atom. The standard InChI is InChI=1S/C51H46N4O5/c52-47-19-16-43(17-20-47)45-18-22-51(54-30-45)50-21-13-38(29-53-50)2-1-37-11-14-44(15-12-37)46-27-48-35-59-33-41-7-3-39(4-8-41)31-57-25-23-56-24-26-58-32-40-5-9-42(10-6-40)34-60-36-49(28-46)55-48/h3-22,27-30H,23-26,31-36,52H2. The monoisotopic (exact) mass is 794 g/mol. The molecule has 0 saturated carbocycles. The van der Waals surface area contributed by atoms with Gasteiger partial charge in [-0.2, -0.15) is 0 Å². The zero-order valence-corrected chi connectivity index (χ0v) is 33.4. The van der Waals surface area contributed by atoms with Crippen molar-refractivity contribution in [3.8, 4) is 45.5 Å². The van der Waals surface area contributed by atoms with Gasteiger partial charge in [0, 0.05) is 34.8 Å². The molecule has 3 aromatic heterocycles. The van der Waals surface area contributed by atoms with E-state index in [0.29, 0.717) is 66.1 Å². The van der Waals surface area contributed by atoms with Gasteiger partial charge in [0.25, 0.3) is 0 Å². The fourth-order valence-electron chi connectivity index (χ4n) is 6.59. The largest absolute Gasteiger partial charge is 0.399 e. The summed E-state index contributed by atoms with van der Waals surface area (Å²) in [5, 5.41) is 0. The molecule has 0 aliphatic carbocycles. The molecular weight excluding hydrogens is 749 g/mol. The molecule has 9 nitrogen and oxygen atoms in total. The van der Waals surface area contributed by atoms with E-state index in [-0.39, 0.29) is 0 Å². The van der Waals surface area contributed by atoms with Crippen LogP contribution in [0.5, 0.6) is 0 Å². The Balaban J connectivity index is 0.937. The van der Waals surface area contributed by atoms with E-state index in [2.05, 4.69) is 94.6 Å². The van der Waals surface area contributed by atoms with Crippen molar-refractivity contribution in [3.05, 3.63) is 191 Å². The van der Waals surface area contributed by atoms with Gasteiger partial charge in [-0.05, 0) is 93.5 Å². The molecule has 0 amide bonds. The summed E-state index contributed by atoms with van der Waals surface area (Å²) < 4.78 is 29.6. The number of ether oxygens (including phenoxy) is 5. The van der Waals surface area contributed by atoms with Gasteiger partial charge in [0.2, 0.25) is 0 Å². The molecule has 2 N–H and O–H groups in total. The van der Waals surface area contributed by atoms with E-state index in [4.69, 9.17) is 34.4 Å². The molecule has 60 heavy (non-hydrogen) atoms. The van der Waals surface area contributed by atoms with Crippen LogP contribution >= 0.6 is 0 Å². The van der Waals surface area contributed by atoms with Crippen LogP contribution in [0.2, 0.25) is 0 Å². The molecule has 11 rings (SSSR count). The molecule has 4 aromatic carbocycles. The topological polar surface area (TPSA) is 111 Å². The number of aromatic nitrogens is 3. The van der Waals surface area contributed by atoms with Crippen molar-refractivity contribution in [2.45, 2.75) is 39.6 Å². The lowest BCUT2D eigenvalue weighted by Gasteiger charge is -2.12. The van der Waals surface area contributed by atoms with Gasteiger partial charge in [-0.1, -0.05) is 90.7 Å². The first kappa shape index (κ1) is 40.3. The van der Waals surface area contributed by atoms with E-state index in [1.807, 2.05) is 66.9 Å². The minimum Gasteiger partial charge on any atom is -0.399 e. The van der Waals surface area contributed by atoms with Crippen molar-refractivity contribution >= 4 is 5.69 Å². The predicted molar refractivity (Wildman–Crippen MR) is 233 cm³/mol. The summed E-state index contributed by atoms with van der Waals surface area (Å²) in [4.78, 5) is 14.2. The normalized spacial score (nSPS) is 14.3. The average molecular weight is 795 g/mol. The molecule has 0 spiro atoms. The van der Waals surface area contributed by atoms with Gasteiger partial charge < -0.3 is 29.4 Å². The van der Waals surface area contributed by atoms with Gasteiger partial charge >= 0.3 is 0 Å². The third kappa shape index (κ3) is 11.6. The van der Waals surface area contributed by atoms with E-state index in [0.717, 1.165) is 84.1 Å². The van der Waals surface area contributed by atoms with Gasteiger partial charge in [-0.25, -0.2) is 0 Å². The number of rotatable bonds is 3. The third-order valence-electron chi connectivity index (χ3n) is 9.90. The van der Waals surface area contributed by atoms with E-state index < -0.39 is 0 Å². The van der Waals surface area contributed by atoms with E-state index in [9.17, 15) is 0 Å². The molecule has 4 aliphatic rings. The Hall–Kier alpha value is -6.51. The molecule has 0 unspecified atom stereocenters. The lowest BCUT2D eigenvalue weighted by atomic mass is 10.0. The van der Waals surface area contributed by atoms with Crippen LogP contribution in [-0.4, -0.2) is 41.4 Å². The van der Waals surface area contributed by atoms with Crippen molar-refractivity contribution in [1.29, 1.82) is 0 Å². The Bertz CT molecular complexity index is 2420. The predicted octanol–water partition coefficient (Wildman–Crippen LogP) is 9.35. The second-order valence-corrected chi connectivity index (χ2v) is 14.5. The van der Waals surface area contributed by atoms with Crippen LogP contribution in [0.3, 0.4) is 0 Å². The summed E-state index contributed by atoms with van der Waals surface area (Å²) in [5.74, 6) is 6.54. The summed E-state index contributed by atoms with van der Waals surface area (Å²) in [6.45, 7) is 4.80. The Morgan fingerprint density at radius 1 is 0.383 bits per heavy atom. The summed E-state index contributed by atoms with van der Waals surface area (Å²) in [5.41, 5.74) is 20.1. The Kier molecular flexibility index (Phi) is 13.7. The van der Waals surface area contributed by atoms with Crippen molar-refractivity contribution in [1.82, 2.24) is 15.0 Å². The first-order valence-electron chi connectivity index (χ1n) is 20.0. The molecular formula is C51H46N4O5. The first-order valence-corrected chi connectivity index (χ1v) is 20.0. The summed E-state index contributed by atoms with van der Waals surface area (Å²) in [6, 6.07) is 44.7. The highest BCUT2D eigenvalue weighted by molar-refractivity contribution is 5.68. The molecule has 7 heterocycles. The summed E-state index contributed by atoms with van der Waals surface area (Å²) >= 11 is 0. The van der Waals surface area contributed by atoms with Crippen LogP contribution in [0.4, 0.5) is 5.69 Å². The maximum Gasteiger partial charge on any atom is 0.0892 e. The van der Waals surface area contributed by atoms with Crippen LogP contribution in [-0.2, 0) is 63.3 Å². The van der Waals surface area contributed by atoms with Crippen molar-refractivity contribution < 1.29 is 23.7 Å². The second-order valence-electron chi connectivity index (χ2n) is 14.5. The van der Waals surface area contributed by atoms with Crippen LogP contribution in [0.25, 0.3) is 33.6 Å². The van der Waals surface area contributed by atoms with E-state index in [1.54, 1.807) is 6.20 Å². The highest BCUT2D eigenvalue weighted by atomic mass is 16.5. The van der Waals surface area contributed by atoms with Crippen LogP contribution < -0.4 is 5.73 Å². The number of nitrogen functional groups attached to an aromatic ring is 1. The molecule has 9 heteroatoms. The van der Waals surface area contributed by atoms with Crippen molar-refractivity contribution in [2.75, 3.05) is 32.2 Å². The summed E-state index contributed by atoms with van der Waals surface area (Å²) in [6.07, 6.45) is 3.64. The van der Waals surface area contributed by atoms with Gasteiger partial charge in [-0.3, -0.25) is 15.0 Å². The number of pyridine rings is 3. The lowest BCUT2D eigenvalue weighted by molar-refractivity contribution is 0.00702. The average Bonchev–Trinajstić information content (AvgIpc) is 3.29. The van der Waals surface area contributed by atoms with Gasteiger partial charge in [0.1, 0.15) is 0 Å². The fourth-order valence-corrected chi connectivity index (χ4v) is 6.59. The number of nitrogens with zero attached hydrogens (tertiary/aromatic N) is 3. The smallest absolute Gasteiger partial charge is 0.0892 e. The number of benzene rings is 4. The molecule has 0 fully saturated rings. The fraction of sp³-hybridized carbons (Fsp3) is 0.196. The molecule has 300 valence electrons. The highest BCUT2D eigenvalue weighted by Crippen LogP contribution is 2.25. The first-order chi connectivity index (χ1) is 29.6. The minimum atomic E-state index is 0.358. The number of nitrogens with two attached hydrogens (primary N) is 1. The van der Waals surface area contributed by atoms with Gasteiger partial charge in [0.05, 0.1) is 88.8 Å². The molecule has 6 bridgehead atoms. The van der Waals surface area contributed by atoms with Crippen molar-refractivity contribution in [3.63, 3.8) is 0 Å². The van der Waals surface area contributed by atoms with Gasteiger partial charge in [-0.15, -0.1) is 0 Å².